The van der Waals surface area contributed by atoms with E-state index in [4.69, 9.17) is 9.47 Å². The average Bonchev–Trinajstić information content (AvgIpc) is 2.39. The van der Waals surface area contributed by atoms with E-state index in [-0.39, 0.29) is 6.03 Å². The van der Waals surface area contributed by atoms with Gasteiger partial charge in [0.2, 0.25) is 0 Å². The molecule has 0 aliphatic heterocycles. The normalized spacial score (nSPS) is 9.79. The number of carbonyl (C=O) groups excluding carboxylic acids is 1. The number of hydrogen-bond acceptors (Lipinski definition) is 3. The van der Waals surface area contributed by atoms with E-state index in [1.165, 1.54) is 0 Å². The Balaban J connectivity index is 2.21. The van der Waals surface area contributed by atoms with Crippen molar-refractivity contribution in [2.24, 2.45) is 0 Å². The molecule has 2 amide bonds. The highest BCUT2D eigenvalue weighted by molar-refractivity contribution is 5.89. The zero-order chi connectivity index (χ0) is 14.1. The van der Waals surface area contributed by atoms with Crippen LogP contribution in [0.2, 0.25) is 0 Å². The van der Waals surface area contributed by atoms with Crippen molar-refractivity contribution in [3.8, 4) is 5.75 Å². The third-order valence-electron chi connectivity index (χ3n) is 2.23. The largest absolute Gasteiger partial charge is 0.497 e. The van der Waals surface area contributed by atoms with Crippen molar-refractivity contribution in [2.45, 2.75) is 6.92 Å². The summed E-state index contributed by atoms with van der Waals surface area (Å²) in [6.07, 6.45) is 0. The standard InChI is InChI=1S/C14H20N2O3/c1-11(2)10-19-9-8-15-14(17)16-12-4-6-13(18-3)7-5-12/h4-7H,1,8-10H2,2-3H3,(H2,15,16,17). The summed E-state index contributed by atoms with van der Waals surface area (Å²) in [6.45, 7) is 7.05. The highest BCUT2D eigenvalue weighted by atomic mass is 16.5. The molecule has 0 aromatic heterocycles. The molecule has 0 aliphatic rings. The Morgan fingerprint density at radius 2 is 2.00 bits per heavy atom. The fourth-order valence-corrected chi connectivity index (χ4v) is 1.33. The number of anilines is 1. The molecule has 2 N–H and O–H groups in total. The first-order valence-electron chi connectivity index (χ1n) is 6.03. The van der Waals surface area contributed by atoms with Gasteiger partial charge in [-0.05, 0) is 31.2 Å². The third kappa shape index (κ3) is 6.47. The number of hydrogen-bond donors (Lipinski definition) is 2. The number of rotatable bonds is 7. The summed E-state index contributed by atoms with van der Waals surface area (Å²) in [5.41, 5.74) is 1.67. The molecular weight excluding hydrogens is 244 g/mol. The molecule has 0 fully saturated rings. The van der Waals surface area contributed by atoms with Crippen molar-refractivity contribution in [2.75, 3.05) is 32.2 Å². The first-order chi connectivity index (χ1) is 9.11. The smallest absolute Gasteiger partial charge is 0.319 e. The van der Waals surface area contributed by atoms with Crippen LogP contribution in [0, 0.1) is 0 Å². The lowest BCUT2D eigenvalue weighted by atomic mass is 10.3. The molecule has 1 aromatic carbocycles. The van der Waals surface area contributed by atoms with Gasteiger partial charge in [-0.15, -0.1) is 0 Å². The molecule has 0 unspecified atom stereocenters. The summed E-state index contributed by atoms with van der Waals surface area (Å²) >= 11 is 0. The predicted octanol–water partition coefficient (Wildman–Crippen LogP) is 2.41. The maximum atomic E-state index is 11.5. The molecule has 0 spiro atoms. The molecule has 0 atom stereocenters. The second-order valence-electron chi connectivity index (χ2n) is 4.12. The van der Waals surface area contributed by atoms with Gasteiger partial charge in [0.15, 0.2) is 0 Å². The Bertz CT molecular complexity index is 415. The Hall–Kier alpha value is -2.01. The fourth-order valence-electron chi connectivity index (χ4n) is 1.33. The molecular formula is C14H20N2O3. The van der Waals surface area contributed by atoms with Crippen LogP contribution >= 0.6 is 0 Å². The molecule has 104 valence electrons. The zero-order valence-corrected chi connectivity index (χ0v) is 11.4. The van der Waals surface area contributed by atoms with E-state index in [1.54, 1.807) is 31.4 Å². The summed E-state index contributed by atoms with van der Waals surface area (Å²) in [5.74, 6) is 0.749. The van der Waals surface area contributed by atoms with Gasteiger partial charge in [0.1, 0.15) is 5.75 Å². The molecule has 0 saturated carbocycles. The Morgan fingerprint density at radius 3 is 2.58 bits per heavy atom. The minimum absolute atomic E-state index is 0.260. The number of benzene rings is 1. The van der Waals surface area contributed by atoms with Crippen LogP contribution in [-0.4, -0.2) is 32.9 Å². The zero-order valence-electron chi connectivity index (χ0n) is 11.4. The van der Waals surface area contributed by atoms with Crippen LogP contribution in [-0.2, 0) is 4.74 Å². The van der Waals surface area contributed by atoms with Gasteiger partial charge in [0.05, 0.1) is 20.3 Å². The predicted molar refractivity (Wildman–Crippen MR) is 75.6 cm³/mol. The van der Waals surface area contributed by atoms with E-state index in [1.807, 2.05) is 6.92 Å². The molecule has 1 aromatic rings. The van der Waals surface area contributed by atoms with Gasteiger partial charge in [-0.25, -0.2) is 4.79 Å². The fraction of sp³-hybridized carbons (Fsp3) is 0.357. The molecule has 0 radical (unpaired) electrons. The van der Waals surface area contributed by atoms with Crippen molar-refractivity contribution >= 4 is 11.7 Å². The van der Waals surface area contributed by atoms with Crippen molar-refractivity contribution in [3.05, 3.63) is 36.4 Å². The van der Waals surface area contributed by atoms with E-state index in [0.717, 1.165) is 11.3 Å². The lowest BCUT2D eigenvalue weighted by Gasteiger charge is -2.08. The van der Waals surface area contributed by atoms with E-state index >= 15 is 0 Å². The summed E-state index contributed by atoms with van der Waals surface area (Å²) in [5, 5.41) is 5.41. The van der Waals surface area contributed by atoms with E-state index in [0.29, 0.717) is 25.4 Å². The number of amides is 2. The number of nitrogens with one attached hydrogen (secondary N) is 2. The van der Waals surface area contributed by atoms with Crippen LogP contribution < -0.4 is 15.4 Å². The van der Waals surface area contributed by atoms with Gasteiger partial charge in [0.25, 0.3) is 0 Å². The summed E-state index contributed by atoms with van der Waals surface area (Å²) in [7, 11) is 1.60. The van der Waals surface area contributed by atoms with Gasteiger partial charge in [-0.1, -0.05) is 12.2 Å². The number of ether oxygens (including phenoxy) is 2. The highest BCUT2D eigenvalue weighted by Gasteiger charge is 2.01. The number of carbonyl (C=O) groups is 1. The van der Waals surface area contributed by atoms with Crippen LogP contribution in [0.3, 0.4) is 0 Å². The lowest BCUT2D eigenvalue weighted by Crippen LogP contribution is -2.31. The van der Waals surface area contributed by atoms with Crippen molar-refractivity contribution in [1.82, 2.24) is 5.32 Å². The van der Waals surface area contributed by atoms with Crippen molar-refractivity contribution in [3.63, 3.8) is 0 Å². The molecule has 1 rings (SSSR count). The molecule has 5 nitrogen and oxygen atoms in total. The first kappa shape index (κ1) is 15.0. The molecule has 0 aliphatic carbocycles. The van der Waals surface area contributed by atoms with Gasteiger partial charge < -0.3 is 20.1 Å². The van der Waals surface area contributed by atoms with Crippen LogP contribution in [0.1, 0.15) is 6.92 Å². The molecule has 19 heavy (non-hydrogen) atoms. The molecule has 5 heteroatoms. The van der Waals surface area contributed by atoms with Crippen LogP contribution in [0.5, 0.6) is 5.75 Å². The third-order valence-corrected chi connectivity index (χ3v) is 2.23. The quantitative estimate of drug-likeness (QED) is 0.587. The Labute approximate surface area is 113 Å². The summed E-state index contributed by atoms with van der Waals surface area (Å²) in [4.78, 5) is 11.5. The van der Waals surface area contributed by atoms with E-state index < -0.39 is 0 Å². The van der Waals surface area contributed by atoms with Crippen LogP contribution in [0.25, 0.3) is 0 Å². The minimum Gasteiger partial charge on any atom is -0.497 e. The van der Waals surface area contributed by atoms with Gasteiger partial charge in [-0.3, -0.25) is 0 Å². The number of urea groups is 1. The minimum atomic E-state index is -0.260. The van der Waals surface area contributed by atoms with E-state index in [9.17, 15) is 4.79 Å². The van der Waals surface area contributed by atoms with Crippen molar-refractivity contribution in [1.29, 1.82) is 0 Å². The second-order valence-corrected chi connectivity index (χ2v) is 4.12. The van der Waals surface area contributed by atoms with Crippen LogP contribution in [0.15, 0.2) is 36.4 Å². The van der Waals surface area contributed by atoms with Gasteiger partial charge >= 0.3 is 6.03 Å². The maximum Gasteiger partial charge on any atom is 0.319 e. The molecule has 0 saturated heterocycles. The summed E-state index contributed by atoms with van der Waals surface area (Å²) in [6, 6.07) is 6.85. The highest BCUT2D eigenvalue weighted by Crippen LogP contribution is 2.14. The topological polar surface area (TPSA) is 59.6 Å². The van der Waals surface area contributed by atoms with Gasteiger partial charge in [-0.2, -0.15) is 0 Å². The van der Waals surface area contributed by atoms with Crippen molar-refractivity contribution < 1.29 is 14.3 Å². The van der Waals surface area contributed by atoms with Crippen LogP contribution in [0.4, 0.5) is 10.5 Å². The van der Waals surface area contributed by atoms with E-state index in [2.05, 4.69) is 17.2 Å². The monoisotopic (exact) mass is 264 g/mol. The first-order valence-corrected chi connectivity index (χ1v) is 6.03. The Kier molecular flexibility index (Phi) is 6.46. The second kappa shape index (κ2) is 8.16. The molecule has 0 bridgehead atoms. The lowest BCUT2D eigenvalue weighted by molar-refractivity contribution is 0.159. The Morgan fingerprint density at radius 1 is 1.32 bits per heavy atom. The average molecular weight is 264 g/mol. The number of methoxy groups -OCH3 is 1. The summed E-state index contributed by atoms with van der Waals surface area (Å²) < 4.78 is 10.3. The van der Waals surface area contributed by atoms with Gasteiger partial charge in [0, 0.05) is 12.2 Å². The SMILES string of the molecule is C=C(C)COCCNC(=O)Nc1ccc(OC)cc1. The molecule has 0 heterocycles. The maximum absolute atomic E-state index is 11.5.